The Morgan fingerprint density at radius 3 is 2.86 bits per heavy atom. The summed E-state index contributed by atoms with van der Waals surface area (Å²) in [5.74, 6) is -0.343. The molecule has 1 unspecified atom stereocenters. The van der Waals surface area contributed by atoms with Gasteiger partial charge in [0.1, 0.15) is 10.0 Å². The minimum absolute atomic E-state index is 0.137. The van der Waals surface area contributed by atoms with Gasteiger partial charge in [-0.15, -0.1) is 21.5 Å². The molecule has 1 saturated carbocycles. The molecule has 6 nitrogen and oxygen atoms in total. The minimum Gasteiger partial charge on any atom is -0.476 e. The molecule has 110 valence electrons. The van der Waals surface area contributed by atoms with Crippen LogP contribution >= 0.6 is 22.7 Å². The molecule has 1 aliphatic carbocycles. The van der Waals surface area contributed by atoms with Gasteiger partial charge in [0, 0.05) is 17.8 Å². The highest BCUT2D eigenvalue weighted by Crippen LogP contribution is 2.45. The number of hydrogen-bond acceptors (Lipinski definition) is 7. The van der Waals surface area contributed by atoms with Gasteiger partial charge in [-0.2, -0.15) is 0 Å². The standard InChI is InChI=1S/C13H14N4O2S2/c18-12(19)8-6-20-11(14-8)9-2-1-5-17(9)13-16-15-10(21-13)7-3-4-7/h6-7,9H,1-5H2,(H,18,19). The second-order valence-corrected chi connectivity index (χ2v) is 7.30. The van der Waals surface area contributed by atoms with E-state index in [9.17, 15) is 4.79 Å². The monoisotopic (exact) mass is 322 g/mol. The van der Waals surface area contributed by atoms with Crippen LogP contribution in [0, 0.1) is 0 Å². The van der Waals surface area contributed by atoms with Crippen molar-refractivity contribution in [3.8, 4) is 0 Å². The summed E-state index contributed by atoms with van der Waals surface area (Å²) in [5.41, 5.74) is 0.137. The number of carboxylic acids is 1. The molecule has 0 aromatic carbocycles. The minimum atomic E-state index is -0.964. The summed E-state index contributed by atoms with van der Waals surface area (Å²) >= 11 is 3.10. The van der Waals surface area contributed by atoms with Gasteiger partial charge in [-0.25, -0.2) is 9.78 Å². The van der Waals surface area contributed by atoms with E-state index in [0.717, 1.165) is 34.5 Å². The first-order valence-electron chi connectivity index (χ1n) is 7.01. The van der Waals surface area contributed by atoms with E-state index in [1.165, 1.54) is 24.2 Å². The van der Waals surface area contributed by atoms with E-state index in [2.05, 4.69) is 20.1 Å². The van der Waals surface area contributed by atoms with Crippen molar-refractivity contribution in [1.82, 2.24) is 15.2 Å². The van der Waals surface area contributed by atoms with Gasteiger partial charge in [-0.05, 0) is 25.7 Å². The number of aromatic nitrogens is 3. The van der Waals surface area contributed by atoms with Crippen molar-refractivity contribution in [2.75, 3.05) is 11.4 Å². The van der Waals surface area contributed by atoms with E-state index in [1.807, 2.05) is 0 Å². The molecule has 2 aromatic rings. The van der Waals surface area contributed by atoms with Gasteiger partial charge in [0.25, 0.3) is 0 Å². The zero-order valence-electron chi connectivity index (χ0n) is 11.2. The maximum Gasteiger partial charge on any atom is 0.355 e. The topological polar surface area (TPSA) is 79.2 Å². The quantitative estimate of drug-likeness (QED) is 0.932. The van der Waals surface area contributed by atoms with Crippen LogP contribution < -0.4 is 4.90 Å². The average Bonchev–Trinajstić information content (AvgIpc) is 2.95. The second kappa shape index (κ2) is 5.03. The molecule has 2 aromatic heterocycles. The number of hydrogen-bond donors (Lipinski definition) is 1. The van der Waals surface area contributed by atoms with Crippen LogP contribution in [0.3, 0.4) is 0 Å². The van der Waals surface area contributed by atoms with Crippen LogP contribution in [0.2, 0.25) is 0 Å². The fourth-order valence-electron chi connectivity index (χ4n) is 2.63. The zero-order valence-corrected chi connectivity index (χ0v) is 12.9. The molecule has 0 radical (unpaired) electrons. The van der Waals surface area contributed by atoms with Gasteiger partial charge in [0.05, 0.1) is 6.04 Å². The summed E-state index contributed by atoms with van der Waals surface area (Å²) < 4.78 is 0. The lowest BCUT2D eigenvalue weighted by molar-refractivity contribution is 0.0691. The molecule has 0 spiro atoms. The normalized spacial score (nSPS) is 21.9. The summed E-state index contributed by atoms with van der Waals surface area (Å²) in [4.78, 5) is 17.5. The maximum absolute atomic E-state index is 11.0. The number of thiazole rings is 1. The number of carboxylic acid groups (broad SMARTS) is 1. The van der Waals surface area contributed by atoms with Gasteiger partial charge in [0.15, 0.2) is 5.69 Å². The van der Waals surface area contributed by atoms with E-state index in [0.29, 0.717) is 5.92 Å². The molecule has 21 heavy (non-hydrogen) atoms. The Balaban J connectivity index is 1.59. The van der Waals surface area contributed by atoms with Gasteiger partial charge in [-0.1, -0.05) is 11.3 Å². The van der Waals surface area contributed by atoms with E-state index < -0.39 is 5.97 Å². The molecule has 4 rings (SSSR count). The number of anilines is 1. The maximum atomic E-state index is 11.0. The number of rotatable bonds is 4. The first-order chi connectivity index (χ1) is 10.2. The van der Waals surface area contributed by atoms with Crippen LogP contribution in [-0.2, 0) is 0 Å². The lowest BCUT2D eigenvalue weighted by Crippen LogP contribution is -2.22. The number of aromatic carboxylic acids is 1. The molecule has 2 fully saturated rings. The summed E-state index contributed by atoms with van der Waals surface area (Å²) in [6, 6.07) is 0.142. The van der Waals surface area contributed by atoms with Gasteiger partial charge in [0.2, 0.25) is 5.13 Å². The third kappa shape index (κ3) is 2.42. The molecule has 2 aliphatic rings. The smallest absolute Gasteiger partial charge is 0.355 e. The molecular weight excluding hydrogens is 308 g/mol. The van der Waals surface area contributed by atoms with Crippen LogP contribution in [-0.4, -0.2) is 32.8 Å². The average molecular weight is 322 g/mol. The Bertz CT molecular complexity index is 679. The predicted molar refractivity (Wildman–Crippen MR) is 80.3 cm³/mol. The molecule has 1 saturated heterocycles. The van der Waals surface area contributed by atoms with E-state index >= 15 is 0 Å². The van der Waals surface area contributed by atoms with Crippen LogP contribution in [0.15, 0.2) is 5.38 Å². The third-order valence-corrected chi connectivity index (χ3v) is 5.95. The summed E-state index contributed by atoms with van der Waals surface area (Å²) in [7, 11) is 0. The predicted octanol–water partition coefficient (Wildman–Crippen LogP) is 2.91. The lowest BCUT2D eigenvalue weighted by atomic mass is 10.2. The fourth-order valence-corrected chi connectivity index (χ4v) is 4.66. The van der Waals surface area contributed by atoms with Crippen molar-refractivity contribution in [2.24, 2.45) is 0 Å². The van der Waals surface area contributed by atoms with Gasteiger partial charge >= 0.3 is 5.97 Å². The highest BCUT2D eigenvalue weighted by atomic mass is 32.1. The Morgan fingerprint density at radius 1 is 1.29 bits per heavy atom. The zero-order chi connectivity index (χ0) is 14.4. The lowest BCUT2D eigenvalue weighted by Gasteiger charge is -2.21. The molecular formula is C13H14N4O2S2. The largest absolute Gasteiger partial charge is 0.476 e. The van der Waals surface area contributed by atoms with Crippen molar-refractivity contribution >= 4 is 33.8 Å². The summed E-state index contributed by atoms with van der Waals surface area (Å²) in [6.07, 6.45) is 4.52. The second-order valence-electron chi connectivity index (χ2n) is 5.42. The van der Waals surface area contributed by atoms with E-state index in [1.54, 1.807) is 16.7 Å². The number of nitrogens with zero attached hydrogens (tertiary/aromatic N) is 4. The van der Waals surface area contributed by atoms with Gasteiger partial charge < -0.3 is 10.0 Å². The van der Waals surface area contributed by atoms with Crippen LogP contribution in [0.5, 0.6) is 0 Å². The fraction of sp³-hybridized carbons (Fsp3) is 0.538. The van der Waals surface area contributed by atoms with E-state index in [4.69, 9.17) is 5.11 Å². The molecule has 1 N–H and O–H groups in total. The Morgan fingerprint density at radius 2 is 2.14 bits per heavy atom. The summed E-state index contributed by atoms with van der Waals surface area (Å²) in [6.45, 7) is 0.936. The van der Waals surface area contributed by atoms with Crippen LogP contribution in [0.1, 0.15) is 58.1 Å². The SMILES string of the molecule is O=C(O)c1csc(C2CCCN2c2nnc(C3CC3)s2)n1. The summed E-state index contributed by atoms with van der Waals surface area (Å²) in [5, 5.41) is 22.2. The molecule has 0 bridgehead atoms. The molecule has 1 aliphatic heterocycles. The third-order valence-electron chi connectivity index (χ3n) is 3.88. The first kappa shape index (κ1) is 13.1. The Hall–Kier alpha value is -1.54. The van der Waals surface area contributed by atoms with Crippen molar-refractivity contribution < 1.29 is 9.90 Å². The molecule has 3 heterocycles. The van der Waals surface area contributed by atoms with Crippen molar-refractivity contribution in [3.63, 3.8) is 0 Å². The highest BCUT2D eigenvalue weighted by Gasteiger charge is 2.33. The van der Waals surface area contributed by atoms with Crippen molar-refractivity contribution in [1.29, 1.82) is 0 Å². The molecule has 8 heteroatoms. The van der Waals surface area contributed by atoms with E-state index in [-0.39, 0.29) is 11.7 Å². The Labute approximate surface area is 129 Å². The van der Waals surface area contributed by atoms with Crippen molar-refractivity contribution in [3.05, 3.63) is 21.1 Å². The first-order valence-corrected chi connectivity index (χ1v) is 8.71. The van der Waals surface area contributed by atoms with Crippen LogP contribution in [0.25, 0.3) is 0 Å². The number of carbonyl (C=O) groups is 1. The molecule has 1 atom stereocenters. The highest BCUT2D eigenvalue weighted by molar-refractivity contribution is 7.15. The molecule has 0 amide bonds. The Kier molecular flexibility index (Phi) is 3.15. The van der Waals surface area contributed by atoms with Crippen LogP contribution in [0.4, 0.5) is 5.13 Å². The van der Waals surface area contributed by atoms with Crippen molar-refractivity contribution in [2.45, 2.75) is 37.6 Å². The van der Waals surface area contributed by atoms with Gasteiger partial charge in [-0.3, -0.25) is 0 Å².